The van der Waals surface area contributed by atoms with E-state index in [0.29, 0.717) is 15.9 Å². The van der Waals surface area contributed by atoms with Crippen molar-refractivity contribution in [2.75, 3.05) is 17.8 Å². The number of ether oxygens (including phenoxy) is 1. The summed E-state index contributed by atoms with van der Waals surface area (Å²) in [4.78, 5) is 19.7. The van der Waals surface area contributed by atoms with E-state index in [-0.39, 0.29) is 29.5 Å². The third-order valence-corrected chi connectivity index (χ3v) is 8.64. The molecule has 1 aromatic heterocycles. The Morgan fingerprint density at radius 2 is 1.76 bits per heavy atom. The summed E-state index contributed by atoms with van der Waals surface area (Å²) in [6, 6.07) is 19.4. The van der Waals surface area contributed by atoms with E-state index in [9.17, 15) is 13.2 Å². The van der Waals surface area contributed by atoms with Crippen LogP contribution in [0.25, 0.3) is 10.2 Å². The molecule has 0 saturated carbocycles. The van der Waals surface area contributed by atoms with E-state index in [4.69, 9.17) is 16.3 Å². The van der Waals surface area contributed by atoms with Gasteiger partial charge in [-0.15, -0.1) is 0 Å². The van der Waals surface area contributed by atoms with Gasteiger partial charge >= 0.3 is 0 Å². The zero-order valence-electron chi connectivity index (χ0n) is 18.7. The molecular weight excluding hydrogens is 492 g/mol. The molecule has 0 N–H and O–H groups in total. The number of methoxy groups -OCH3 is 1. The minimum absolute atomic E-state index is 0.154. The minimum atomic E-state index is -3.64. The second-order valence-electron chi connectivity index (χ2n) is 7.73. The van der Waals surface area contributed by atoms with Crippen molar-refractivity contribution in [1.82, 2.24) is 4.98 Å². The number of sulfone groups is 1. The Balaban J connectivity index is 1.61. The number of fused-ring (bicyclic) bond motifs is 1. The molecule has 0 aliphatic rings. The standard InChI is InChI=1S/C25H23ClN2O4S2/c1-17-21(26)12-13-22-24(17)27-25(33-22)28(16-18-6-4-3-5-7-18)23(29)14-15-34(30,31)20-10-8-19(32-2)9-11-20/h3-13H,14-16H2,1-2H3. The molecule has 4 rings (SSSR count). The van der Waals surface area contributed by atoms with Gasteiger partial charge in [0.2, 0.25) is 5.91 Å². The van der Waals surface area contributed by atoms with Crippen LogP contribution in [0, 0.1) is 6.92 Å². The van der Waals surface area contributed by atoms with Crippen LogP contribution in [0.3, 0.4) is 0 Å². The zero-order valence-corrected chi connectivity index (χ0v) is 21.1. The van der Waals surface area contributed by atoms with Crippen molar-refractivity contribution < 1.29 is 17.9 Å². The lowest BCUT2D eigenvalue weighted by Gasteiger charge is -2.20. The molecule has 0 fully saturated rings. The fourth-order valence-electron chi connectivity index (χ4n) is 3.49. The second-order valence-corrected chi connectivity index (χ2v) is 11.3. The van der Waals surface area contributed by atoms with Crippen molar-refractivity contribution in [3.05, 3.63) is 82.9 Å². The number of nitrogens with zero attached hydrogens (tertiary/aromatic N) is 2. The number of carbonyl (C=O) groups is 1. The van der Waals surface area contributed by atoms with Crippen molar-refractivity contribution in [1.29, 1.82) is 0 Å². The topological polar surface area (TPSA) is 76.6 Å². The van der Waals surface area contributed by atoms with Gasteiger partial charge in [-0.05, 0) is 54.4 Å². The number of anilines is 1. The SMILES string of the molecule is COc1ccc(S(=O)(=O)CCC(=O)N(Cc2ccccc2)c2nc3c(C)c(Cl)ccc3s2)cc1. The van der Waals surface area contributed by atoms with Crippen molar-refractivity contribution in [3.63, 3.8) is 0 Å². The Hall–Kier alpha value is -2.94. The average Bonchev–Trinajstić information content (AvgIpc) is 3.29. The highest BCUT2D eigenvalue weighted by atomic mass is 35.5. The van der Waals surface area contributed by atoms with E-state index in [1.807, 2.05) is 49.4 Å². The highest BCUT2D eigenvalue weighted by Gasteiger charge is 2.24. The molecule has 0 spiro atoms. The normalized spacial score (nSPS) is 11.5. The second kappa shape index (κ2) is 10.1. The van der Waals surface area contributed by atoms with E-state index in [1.165, 1.54) is 30.6 Å². The Morgan fingerprint density at radius 1 is 1.06 bits per heavy atom. The van der Waals surface area contributed by atoms with E-state index in [2.05, 4.69) is 4.98 Å². The fourth-order valence-corrected chi connectivity index (χ4v) is 5.91. The van der Waals surface area contributed by atoms with Gasteiger partial charge in [0.25, 0.3) is 0 Å². The maximum absolute atomic E-state index is 13.3. The summed E-state index contributed by atoms with van der Waals surface area (Å²) in [7, 11) is -2.13. The molecule has 1 heterocycles. The van der Waals surface area contributed by atoms with Gasteiger partial charge < -0.3 is 4.74 Å². The van der Waals surface area contributed by atoms with Crippen molar-refractivity contribution in [3.8, 4) is 5.75 Å². The Morgan fingerprint density at radius 3 is 2.44 bits per heavy atom. The van der Waals surface area contributed by atoms with Crippen LogP contribution >= 0.6 is 22.9 Å². The van der Waals surface area contributed by atoms with Crippen LogP contribution in [0.1, 0.15) is 17.5 Å². The number of rotatable bonds is 8. The molecule has 9 heteroatoms. The number of halogens is 1. The maximum atomic E-state index is 13.3. The van der Waals surface area contributed by atoms with E-state index >= 15 is 0 Å². The van der Waals surface area contributed by atoms with Crippen LogP contribution in [-0.4, -0.2) is 32.2 Å². The van der Waals surface area contributed by atoms with Gasteiger partial charge in [0, 0.05) is 11.4 Å². The van der Waals surface area contributed by atoms with Gasteiger partial charge in [-0.3, -0.25) is 9.69 Å². The summed E-state index contributed by atoms with van der Waals surface area (Å²) >= 11 is 7.64. The fraction of sp³-hybridized carbons (Fsp3) is 0.200. The first-order chi connectivity index (χ1) is 16.3. The molecule has 0 unspecified atom stereocenters. The molecule has 4 aromatic rings. The molecule has 0 aliphatic heterocycles. The van der Waals surface area contributed by atoms with Gasteiger partial charge in [-0.2, -0.15) is 0 Å². The van der Waals surface area contributed by atoms with Gasteiger partial charge in [0.1, 0.15) is 5.75 Å². The molecular formula is C25H23ClN2O4S2. The number of carbonyl (C=O) groups excluding carboxylic acids is 1. The van der Waals surface area contributed by atoms with Gasteiger partial charge in [-0.1, -0.05) is 53.3 Å². The van der Waals surface area contributed by atoms with Crippen molar-refractivity contribution in [2.24, 2.45) is 0 Å². The van der Waals surface area contributed by atoms with Crippen molar-refractivity contribution >= 4 is 54.0 Å². The smallest absolute Gasteiger partial charge is 0.230 e. The summed E-state index contributed by atoms with van der Waals surface area (Å²) < 4.78 is 31.7. The molecule has 0 saturated heterocycles. The number of aromatic nitrogens is 1. The Bertz CT molecular complexity index is 1420. The highest BCUT2D eigenvalue weighted by Crippen LogP contribution is 2.34. The molecule has 1 amide bonds. The third-order valence-electron chi connectivity index (χ3n) is 5.46. The van der Waals surface area contributed by atoms with Crippen LogP contribution in [-0.2, 0) is 21.2 Å². The largest absolute Gasteiger partial charge is 0.497 e. The first-order valence-corrected chi connectivity index (χ1v) is 13.4. The zero-order chi connectivity index (χ0) is 24.3. The van der Waals surface area contributed by atoms with Gasteiger partial charge in [0.15, 0.2) is 15.0 Å². The van der Waals surface area contributed by atoms with E-state index < -0.39 is 9.84 Å². The predicted octanol–water partition coefficient (Wildman–Crippen LogP) is 5.66. The van der Waals surface area contributed by atoms with Crippen LogP contribution in [0.15, 0.2) is 71.6 Å². The molecule has 0 bridgehead atoms. The van der Waals surface area contributed by atoms with Crippen LogP contribution in [0.5, 0.6) is 5.75 Å². The lowest BCUT2D eigenvalue weighted by Crippen LogP contribution is -2.31. The molecule has 176 valence electrons. The van der Waals surface area contributed by atoms with Crippen molar-refractivity contribution in [2.45, 2.75) is 24.8 Å². The van der Waals surface area contributed by atoms with Crippen LogP contribution < -0.4 is 9.64 Å². The first kappa shape index (κ1) is 24.2. The average molecular weight is 515 g/mol. The van der Waals surface area contributed by atoms with E-state index in [0.717, 1.165) is 21.3 Å². The quantitative estimate of drug-likeness (QED) is 0.303. The number of aryl methyl sites for hydroxylation is 1. The summed E-state index contributed by atoms with van der Waals surface area (Å²) in [6.45, 7) is 2.17. The van der Waals surface area contributed by atoms with Crippen LogP contribution in [0.2, 0.25) is 5.02 Å². The Kier molecular flexibility index (Phi) is 7.21. The minimum Gasteiger partial charge on any atom is -0.497 e. The number of thiazole rings is 1. The van der Waals surface area contributed by atoms with Gasteiger partial charge in [-0.25, -0.2) is 13.4 Å². The monoisotopic (exact) mass is 514 g/mol. The molecule has 34 heavy (non-hydrogen) atoms. The Labute approximate surface area is 207 Å². The predicted molar refractivity (Wildman–Crippen MR) is 137 cm³/mol. The number of amides is 1. The van der Waals surface area contributed by atoms with E-state index in [1.54, 1.807) is 17.0 Å². The lowest BCUT2D eigenvalue weighted by molar-refractivity contribution is -0.118. The molecule has 3 aromatic carbocycles. The molecule has 6 nitrogen and oxygen atoms in total. The number of benzene rings is 3. The molecule has 0 radical (unpaired) electrons. The summed E-state index contributed by atoms with van der Waals surface area (Å²) in [5.41, 5.74) is 2.50. The molecule has 0 aliphatic carbocycles. The summed E-state index contributed by atoms with van der Waals surface area (Å²) in [5, 5.41) is 1.12. The lowest BCUT2D eigenvalue weighted by atomic mass is 10.2. The number of hydrogen-bond donors (Lipinski definition) is 0. The molecule has 0 atom stereocenters. The van der Waals surface area contributed by atoms with Gasteiger partial charge in [0.05, 0.1) is 34.5 Å². The third kappa shape index (κ3) is 5.24. The number of hydrogen-bond acceptors (Lipinski definition) is 6. The maximum Gasteiger partial charge on any atom is 0.230 e. The highest BCUT2D eigenvalue weighted by molar-refractivity contribution is 7.91. The summed E-state index contributed by atoms with van der Waals surface area (Å²) in [6.07, 6.45) is -0.170. The van der Waals surface area contributed by atoms with Crippen LogP contribution in [0.4, 0.5) is 5.13 Å². The summed E-state index contributed by atoms with van der Waals surface area (Å²) in [5.74, 6) is -0.0572. The first-order valence-electron chi connectivity index (χ1n) is 10.6.